The number of ether oxygens (including phenoxy) is 1. The van der Waals surface area contributed by atoms with Crippen LogP contribution in [0.15, 0.2) is 59.1 Å². The van der Waals surface area contributed by atoms with Gasteiger partial charge in [0.15, 0.2) is 0 Å². The Morgan fingerprint density at radius 2 is 1.79 bits per heavy atom. The Morgan fingerprint density at radius 1 is 1.14 bits per heavy atom. The lowest BCUT2D eigenvalue weighted by atomic mass is 10.1. The van der Waals surface area contributed by atoms with Gasteiger partial charge in [-0.1, -0.05) is 12.1 Å². The van der Waals surface area contributed by atoms with Gasteiger partial charge in [-0.05, 0) is 55.8 Å². The highest BCUT2D eigenvalue weighted by atomic mass is 32.2. The van der Waals surface area contributed by atoms with E-state index in [1.54, 1.807) is 31.2 Å². The van der Waals surface area contributed by atoms with E-state index in [0.717, 1.165) is 0 Å². The molecule has 1 amide bonds. The van der Waals surface area contributed by atoms with Crippen molar-refractivity contribution in [2.45, 2.75) is 13.8 Å². The number of benzene rings is 2. The van der Waals surface area contributed by atoms with Crippen molar-refractivity contribution < 1.29 is 22.3 Å². The van der Waals surface area contributed by atoms with Gasteiger partial charge < -0.3 is 10.1 Å². The van der Waals surface area contributed by atoms with Crippen LogP contribution in [0.2, 0.25) is 0 Å². The van der Waals surface area contributed by atoms with Crippen LogP contribution in [0.5, 0.6) is 5.75 Å². The summed E-state index contributed by atoms with van der Waals surface area (Å²) >= 11 is 0. The fourth-order valence-corrected chi connectivity index (χ4v) is 4.36. The number of hydrogen-bond donors (Lipinski definition) is 2. The summed E-state index contributed by atoms with van der Waals surface area (Å²) in [4.78, 5) is 16.3. The average Bonchev–Trinajstić information content (AvgIpc) is 2.91. The van der Waals surface area contributed by atoms with Crippen molar-refractivity contribution in [1.82, 2.24) is 4.72 Å². The highest BCUT2D eigenvalue weighted by Gasteiger charge is 2.32. The summed E-state index contributed by atoms with van der Waals surface area (Å²) in [6.45, 7) is 3.74. The van der Waals surface area contributed by atoms with Gasteiger partial charge in [-0.3, -0.25) is 14.5 Å². The molecule has 0 fully saturated rings. The lowest BCUT2D eigenvalue weighted by Crippen LogP contribution is -2.25. The molecule has 9 heteroatoms. The standard InChI is InChI=1S/C20H20FN3O4S/c1-3-28-17-10-8-16(9-11-17)23-18(25)12-22-20-13(2)19(29(26,27)24-20)14-4-6-15(21)7-5-14/h4-11H,3,12H2,1-2H3,(H,22,24)(H,23,25). The molecular formula is C20H20FN3O4S. The van der Waals surface area contributed by atoms with Crippen molar-refractivity contribution in [1.29, 1.82) is 0 Å². The third-order valence-electron chi connectivity index (χ3n) is 4.13. The zero-order chi connectivity index (χ0) is 21.0. The molecule has 1 aliphatic heterocycles. The number of hydrogen-bond acceptors (Lipinski definition) is 5. The van der Waals surface area contributed by atoms with E-state index in [4.69, 9.17) is 4.74 Å². The van der Waals surface area contributed by atoms with Gasteiger partial charge in [-0.15, -0.1) is 0 Å². The summed E-state index contributed by atoms with van der Waals surface area (Å²) < 4.78 is 45.7. The maximum Gasteiger partial charge on any atom is 0.264 e. The van der Waals surface area contributed by atoms with Gasteiger partial charge in [-0.25, -0.2) is 12.8 Å². The number of rotatable bonds is 6. The summed E-state index contributed by atoms with van der Waals surface area (Å²) in [6, 6.07) is 12.0. The number of amides is 1. The molecule has 0 saturated carbocycles. The average molecular weight is 417 g/mol. The van der Waals surface area contributed by atoms with E-state index in [-0.39, 0.29) is 17.3 Å². The summed E-state index contributed by atoms with van der Waals surface area (Å²) in [5.74, 6) is -0.0783. The molecule has 0 aliphatic carbocycles. The predicted octanol–water partition coefficient (Wildman–Crippen LogP) is 2.93. The first-order valence-corrected chi connectivity index (χ1v) is 10.4. The number of halogens is 1. The second kappa shape index (κ2) is 8.44. The molecule has 2 aromatic carbocycles. The summed E-state index contributed by atoms with van der Waals surface area (Å²) in [7, 11) is -3.84. The van der Waals surface area contributed by atoms with Crippen LogP contribution in [0.3, 0.4) is 0 Å². The lowest BCUT2D eigenvalue weighted by Gasteiger charge is -2.06. The molecule has 3 rings (SSSR count). The fraction of sp³-hybridized carbons (Fsp3) is 0.200. The molecular weight excluding hydrogens is 397 g/mol. The van der Waals surface area contributed by atoms with Gasteiger partial charge in [0.1, 0.15) is 28.9 Å². The first-order chi connectivity index (χ1) is 13.8. The molecule has 0 saturated heterocycles. The largest absolute Gasteiger partial charge is 0.494 e. The topological polar surface area (TPSA) is 96.9 Å². The second-order valence-corrected chi connectivity index (χ2v) is 7.86. The van der Waals surface area contributed by atoms with E-state index < -0.39 is 21.7 Å². The monoisotopic (exact) mass is 417 g/mol. The molecule has 0 radical (unpaired) electrons. The molecule has 0 unspecified atom stereocenters. The third-order valence-corrected chi connectivity index (χ3v) is 5.67. The fourth-order valence-electron chi connectivity index (χ4n) is 2.84. The molecule has 152 valence electrons. The Balaban J connectivity index is 1.73. The van der Waals surface area contributed by atoms with Crippen LogP contribution in [0, 0.1) is 5.82 Å². The van der Waals surface area contributed by atoms with Crippen molar-refractivity contribution in [2.75, 3.05) is 18.5 Å². The number of carbonyl (C=O) groups is 1. The first kappa shape index (κ1) is 20.5. The summed E-state index contributed by atoms with van der Waals surface area (Å²) in [5, 5.41) is 2.68. The highest BCUT2D eigenvalue weighted by Crippen LogP contribution is 2.29. The Morgan fingerprint density at radius 3 is 2.41 bits per heavy atom. The van der Waals surface area contributed by atoms with E-state index in [9.17, 15) is 17.6 Å². The van der Waals surface area contributed by atoms with Crippen molar-refractivity contribution in [3.05, 3.63) is 65.5 Å². The molecule has 2 aromatic rings. The predicted molar refractivity (Wildman–Crippen MR) is 110 cm³/mol. The SMILES string of the molecule is CCOc1ccc(NC(=O)CN=C2NS(=O)(=O)C(c3ccc(F)cc3)=C2C)cc1. The number of amidine groups is 1. The molecule has 0 aromatic heterocycles. The van der Waals surface area contributed by atoms with E-state index in [1.165, 1.54) is 24.3 Å². The van der Waals surface area contributed by atoms with Crippen LogP contribution in [-0.4, -0.2) is 33.3 Å². The number of carbonyl (C=O) groups excluding carboxylic acids is 1. The molecule has 0 bridgehead atoms. The zero-order valence-corrected chi connectivity index (χ0v) is 16.7. The van der Waals surface area contributed by atoms with Crippen molar-refractivity contribution in [3.8, 4) is 5.75 Å². The van der Waals surface area contributed by atoms with Crippen LogP contribution < -0.4 is 14.8 Å². The molecule has 0 spiro atoms. The number of aliphatic imine (C=N–C) groups is 1. The van der Waals surface area contributed by atoms with E-state index >= 15 is 0 Å². The van der Waals surface area contributed by atoms with Crippen molar-refractivity contribution in [3.63, 3.8) is 0 Å². The molecule has 0 atom stereocenters. The molecule has 1 heterocycles. The summed E-state index contributed by atoms with van der Waals surface area (Å²) in [6.07, 6.45) is 0. The number of nitrogens with one attached hydrogen (secondary N) is 2. The zero-order valence-electron chi connectivity index (χ0n) is 15.9. The normalized spacial score (nSPS) is 16.6. The second-order valence-electron chi connectivity index (χ2n) is 6.24. The van der Waals surface area contributed by atoms with Crippen LogP contribution in [0.25, 0.3) is 4.91 Å². The van der Waals surface area contributed by atoms with Crippen LogP contribution >= 0.6 is 0 Å². The minimum Gasteiger partial charge on any atom is -0.494 e. The van der Waals surface area contributed by atoms with E-state index in [2.05, 4.69) is 15.0 Å². The van der Waals surface area contributed by atoms with Crippen molar-refractivity contribution in [2.24, 2.45) is 4.99 Å². The smallest absolute Gasteiger partial charge is 0.264 e. The Kier molecular flexibility index (Phi) is 5.97. The Labute approximate surface area is 168 Å². The minimum absolute atomic E-state index is 0.0168. The van der Waals surface area contributed by atoms with E-state index in [0.29, 0.717) is 29.2 Å². The first-order valence-electron chi connectivity index (χ1n) is 8.87. The Hall–Kier alpha value is -3.20. The Bertz CT molecular complexity index is 1080. The number of anilines is 1. The molecule has 29 heavy (non-hydrogen) atoms. The van der Waals surface area contributed by atoms with E-state index in [1.807, 2.05) is 6.92 Å². The maximum absolute atomic E-state index is 13.1. The summed E-state index contributed by atoms with van der Waals surface area (Å²) in [5.41, 5.74) is 1.29. The quantitative estimate of drug-likeness (QED) is 0.755. The number of sulfonamides is 1. The third kappa shape index (κ3) is 4.80. The lowest BCUT2D eigenvalue weighted by molar-refractivity contribution is -0.114. The van der Waals surface area contributed by atoms with Gasteiger partial charge in [-0.2, -0.15) is 0 Å². The van der Waals surface area contributed by atoms with Gasteiger partial charge in [0.2, 0.25) is 5.91 Å². The van der Waals surface area contributed by atoms with Crippen LogP contribution in [0.4, 0.5) is 10.1 Å². The van der Waals surface area contributed by atoms with Gasteiger partial charge >= 0.3 is 0 Å². The molecule has 1 aliphatic rings. The van der Waals surface area contributed by atoms with Gasteiger partial charge in [0.25, 0.3) is 10.0 Å². The number of nitrogens with zero attached hydrogens (tertiary/aromatic N) is 1. The van der Waals surface area contributed by atoms with Crippen molar-refractivity contribution >= 4 is 32.4 Å². The minimum atomic E-state index is -3.84. The highest BCUT2D eigenvalue weighted by molar-refractivity contribution is 8.00. The maximum atomic E-state index is 13.1. The van der Waals surface area contributed by atoms with Crippen LogP contribution in [-0.2, 0) is 14.8 Å². The molecule has 7 nitrogen and oxygen atoms in total. The molecule has 2 N–H and O–H groups in total. The van der Waals surface area contributed by atoms with Gasteiger partial charge in [0, 0.05) is 11.3 Å². The van der Waals surface area contributed by atoms with Gasteiger partial charge in [0.05, 0.1) is 6.61 Å². The van der Waals surface area contributed by atoms with Crippen LogP contribution in [0.1, 0.15) is 19.4 Å².